The van der Waals surface area contributed by atoms with Crippen molar-refractivity contribution in [2.45, 2.75) is 71.1 Å². The Hall–Kier alpha value is -0.730. The zero-order valence-electron chi connectivity index (χ0n) is 10.8. The summed E-state index contributed by atoms with van der Waals surface area (Å²) >= 11 is 0. The van der Waals surface area contributed by atoms with E-state index in [4.69, 9.17) is 4.74 Å². The summed E-state index contributed by atoms with van der Waals surface area (Å²) in [7, 11) is 0. The van der Waals surface area contributed by atoms with Crippen LogP contribution in [0.15, 0.2) is 0 Å². The summed E-state index contributed by atoms with van der Waals surface area (Å²) in [6.45, 7) is 8.05. The molecule has 3 heteroatoms. The molecule has 0 aromatic heterocycles. The molecular weight excluding hydrogens is 202 g/mol. The topological polar surface area (TPSA) is 29.5 Å². The molecule has 0 spiro atoms. The van der Waals surface area contributed by atoms with Crippen LogP contribution in [0.3, 0.4) is 0 Å². The zero-order valence-corrected chi connectivity index (χ0v) is 10.8. The monoisotopic (exact) mass is 225 g/mol. The number of piperidine rings is 1. The highest BCUT2D eigenvalue weighted by Gasteiger charge is 2.44. The molecule has 0 aromatic rings. The molecule has 2 heterocycles. The third-order valence-corrected chi connectivity index (χ3v) is 3.76. The predicted molar refractivity (Wildman–Crippen MR) is 63.3 cm³/mol. The van der Waals surface area contributed by atoms with Gasteiger partial charge in [0.2, 0.25) is 0 Å². The largest absolute Gasteiger partial charge is 0.444 e. The lowest BCUT2D eigenvalue weighted by Crippen LogP contribution is -2.49. The molecule has 92 valence electrons. The van der Waals surface area contributed by atoms with Crippen LogP contribution in [0.5, 0.6) is 0 Å². The molecule has 16 heavy (non-hydrogen) atoms. The molecule has 2 fully saturated rings. The van der Waals surface area contributed by atoms with Crippen molar-refractivity contribution in [3.8, 4) is 0 Å². The van der Waals surface area contributed by atoms with Crippen LogP contribution in [0.4, 0.5) is 4.79 Å². The number of fused-ring (bicyclic) bond motifs is 2. The second-order valence-corrected chi connectivity index (χ2v) is 6.24. The predicted octanol–water partition coefficient (Wildman–Crippen LogP) is 3.18. The maximum Gasteiger partial charge on any atom is 0.410 e. The van der Waals surface area contributed by atoms with Crippen molar-refractivity contribution < 1.29 is 9.53 Å². The number of ether oxygens (including phenoxy) is 1. The van der Waals surface area contributed by atoms with E-state index in [1.807, 2.05) is 25.7 Å². The fourth-order valence-electron chi connectivity index (χ4n) is 3.00. The number of nitrogens with zero attached hydrogens (tertiary/aromatic N) is 1. The van der Waals surface area contributed by atoms with E-state index in [1.165, 1.54) is 6.42 Å². The van der Waals surface area contributed by atoms with Gasteiger partial charge < -0.3 is 9.64 Å². The Labute approximate surface area is 98.1 Å². The van der Waals surface area contributed by atoms with Crippen molar-refractivity contribution >= 4 is 6.09 Å². The van der Waals surface area contributed by atoms with Gasteiger partial charge in [-0.2, -0.15) is 0 Å². The highest BCUT2D eigenvalue weighted by molar-refractivity contribution is 5.69. The van der Waals surface area contributed by atoms with Crippen LogP contribution in [0.1, 0.15) is 53.4 Å². The van der Waals surface area contributed by atoms with Crippen LogP contribution >= 0.6 is 0 Å². The molecule has 2 aliphatic heterocycles. The van der Waals surface area contributed by atoms with Crippen LogP contribution in [0.25, 0.3) is 0 Å². The van der Waals surface area contributed by atoms with Gasteiger partial charge in [0.1, 0.15) is 5.60 Å². The van der Waals surface area contributed by atoms with Gasteiger partial charge >= 0.3 is 6.09 Å². The standard InChI is InChI=1S/C13H23NO2/c1-9-5-6-10-7-8-11(9)14(10)12(15)16-13(2,3)4/h9-11H,5-8H2,1-4H3. The summed E-state index contributed by atoms with van der Waals surface area (Å²) in [6.07, 6.45) is 4.62. The number of hydrogen-bond acceptors (Lipinski definition) is 2. The first kappa shape index (κ1) is 11.7. The normalized spacial score (nSPS) is 34.0. The lowest BCUT2D eigenvalue weighted by Gasteiger charge is -2.39. The first-order valence-electron chi connectivity index (χ1n) is 6.40. The van der Waals surface area contributed by atoms with Crippen LogP contribution in [0, 0.1) is 5.92 Å². The van der Waals surface area contributed by atoms with E-state index in [0.717, 1.165) is 19.3 Å². The Balaban J connectivity index is 2.07. The van der Waals surface area contributed by atoms with E-state index < -0.39 is 0 Å². The average molecular weight is 225 g/mol. The third kappa shape index (κ3) is 2.18. The molecule has 2 rings (SSSR count). The maximum atomic E-state index is 12.1. The lowest BCUT2D eigenvalue weighted by atomic mass is 9.92. The van der Waals surface area contributed by atoms with Crippen LogP contribution in [-0.2, 0) is 4.74 Å². The minimum atomic E-state index is -0.378. The summed E-state index contributed by atoms with van der Waals surface area (Å²) in [4.78, 5) is 14.1. The van der Waals surface area contributed by atoms with E-state index in [-0.39, 0.29) is 11.7 Å². The van der Waals surface area contributed by atoms with Gasteiger partial charge in [-0.1, -0.05) is 6.92 Å². The number of carbonyl (C=O) groups is 1. The summed E-state index contributed by atoms with van der Waals surface area (Å²) in [5.74, 6) is 0.631. The van der Waals surface area contributed by atoms with Crippen molar-refractivity contribution in [3.63, 3.8) is 0 Å². The second kappa shape index (κ2) is 3.94. The fourth-order valence-corrected chi connectivity index (χ4v) is 3.00. The average Bonchev–Trinajstić information content (AvgIpc) is 2.46. The van der Waals surface area contributed by atoms with Gasteiger partial charge in [0, 0.05) is 12.1 Å². The van der Waals surface area contributed by atoms with Crippen LogP contribution < -0.4 is 0 Å². The number of rotatable bonds is 0. The molecule has 2 aliphatic rings. The smallest absolute Gasteiger partial charge is 0.410 e. The minimum absolute atomic E-state index is 0.105. The third-order valence-electron chi connectivity index (χ3n) is 3.76. The number of hydrogen-bond donors (Lipinski definition) is 0. The molecule has 1 amide bonds. The summed E-state index contributed by atoms with van der Waals surface area (Å²) < 4.78 is 5.49. The van der Waals surface area contributed by atoms with Crippen LogP contribution in [-0.4, -0.2) is 28.7 Å². The molecular formula is C13H23NO2. The molecule has 0 N–H and O–H groups in total. The summed E-state index contributed by atoms with van der Waals surface area (Å²) in [5.41, 5.74) is -0.378. The molecule has 3 unspecified atom stereocenters. The van der Waals surface area contributed by atoms with E-state index in [0.29, 0.717) is 18.0 Å². The summed E-state index contributed by atoms with van der Waals surface area (Å²) in [6, 6.07) is 0.865. The Kier molecular flexibility index (Phi) is 2.89. The SMILES string of the molecule is CC1CCC2CCC1N2C(=O)OC(C)(C)C. The van der Waals surface area contributed by atoms with Crippen molar-refractivity contribution in [2.24, 2.45) is 5.92 Å². The second-order valence-electron chi connectivity index (χ2n) is 6.24. The number of amides is 1. The van der Waals surface area contributed by atoms with Gasteiger partial charge in [-0.25, -0.2) is 4.79 Å². The Morgan fingerprint density at radius 2 is 1.81 bits per heavy atom. The van der Waals surface area contributed by atoms with Crippen molar-refractivity contribution in [1.82, 2.24) is 4.90 Å². The minimum Gasteiger partial charge on any atom is -0.444 e. The van der Waals surface area contributed by atoms with Gasteiger partial charge in [0.05, 0.1) is 0 Å². The van der Waals surface area contributed by atoms with Gasteiger partial charge in [0.15, 0.2) is 0 Å². The molecule has 0 radical (unpaired) electrons. The molecule has 3 atom stereocenters. The van der Waals surface area contributed by atoms with E-state index in [1.54, 1.807) is 0 Å². The lowest BCUT2D eigenvalue weighted by molar-refractivity contribution is 0.000262. The first-order chi connectivity index (χ1) is 7.38. The van der Waals surface area contributed by atoms with E-state index >= 15 is 0 Å². The highest BCUT2D eigenvalue weighted by Crippen LogP contribution is 2.39. The first-order valence-corrected chi connectivity index (χ1v) is 6.40. The van der Waals surface area contributed by atoms with E-state index in [9.17, 15) is 4.79 Å². The van der Waals surface area contributed by atoms with Gasteiger partial charge in [-0.15, -0.1) is 0 Å². The Bertz CT molecular complexity index is 282. The van der Waals surface area contributed by atoms with Crippen molar-refractivity contribution in [1.29, 1.82) is 0 Å². The zero-order chi connectivity index (χ0) is 11.9. The maximum absolute atomic E-state index is 12.1. The van der Waals surface area contributed by atoms with Gasteiger partial charge in [0.25, 0.3) is 0 Å². The molecule has 0 aromatic carbocycles. The van der Waals surface area contributed by atoms with Crippen molar-refractivity contribution in [3.05, 3.63) is 0 Å². The Morgan fingerprint density at radius 1 is 1.19 bits per heavy atom. The molecule has 0 saturated carbocycles. The molecule has 3 nitrogen and oxygen atoms in total. The summed E-state index contributed by atoms with van der Waals surface area (Å²) in [5, 5.41) is 0. The number of carbonyl (C=O) groups excluding carboxylic acids is 1. The molecule has 0 aliphatic carbocycles. The fraction of sp³-hybridized carbons (Fsp3) is 0.923. The van der Waals surface area contributed by atoms with Crippen LogP contribution in [0.2, 0.25) is 0 Å². The Morgan fingerprint density at radius 3 is 2.44 bits per heavy atom. The quantitative estimate of drug-likeness (QED) is 0.633. The highest BCUT2D eigenvalue weighted by atomic mass is 16.6. The van der Waals surface area contributed by atoms with Gasteiger partial charge in [-0.05, 0) is 52.4 Å². The van der Waals surface area contributed by atoms with E-state index in [2.05, 4.69) is 6.92 Å². The molecule has 2 saturated heterocycles. The van der Waals surface area contributed by atoms with Crippen molar-refractivity contribution in [2.75, 3.05) is 0 Å². The van der Waals surface area contributed by atoms with Gasteiger partial charge in [-0.3, -0.25) is 0 Å². The molecule has 2 bridgehead atoms.